The molecule has 0 spiro atoms. The molecule has 2 N–H and O–H groups in total. The fourth-order valence-electron chi connectivity index (χ4n) is 2.86. The zero-order valence-corrected chi connectivity index (χ0v) is 12.4. The number of nitrogens with zero attached hydrogens (tertiary/aromatic N) is 3. The summed E-state index contributed by atoms with van der Waals surface area (Å²) in [4.78, 5) is 5.71. The van der Waals surface area contributed by atoms with Crippen molar-refractivity contribution in [1.82, 2.24) is 14.0 Å². The molecule has 0 amide bonds. The van der Waals surface area contributed by atoms with Gasteiger partial charge < -0.3 is 10.3 Å². The minimum absolute atomic E-state index is 0.671. The molecule has 0 saturated carbocycles. The van der Waals surface area contributed by atoms with Crippen molar-refractivity contribution in [3.8, 4) is 0 Å². The first-order valence-corrected chi connectivity index (χ1v) is 7.91. The van der Waals surface area contributed by atoms with Crippen LogP contribution in [-0.4, -0.2) is 20.5 Å². The maximum absolute atomic E-state index is 5.74. The van der Waals surface area contributed by atoms with Gasteiger partial charge in [-0.25, -0.2) is 4.98 Å². The van der Waals surface area contributed by atoms with Crippen LogP contribution in [-0.2, 0) is 13.0 Å². The Labute approximate surface area is 126 Å². The Morgan fingerprint density at radius 2 is 2.14 bits per heavy atom. The Kier molecular flexibility index (Phi) is 3.02. The number of para-hydroxylation sites is 1. The van der Waals surface area contributed by atoms with Crippen molar-refractivity contribution in [1.29, 1.82) is 0 Å². The minimum Gasteiger partial charge on any atom is -0.341 e. The molecule has 0 aliphatic rings. The van der Waals surface area contributed by atoms with Gasteiger partial charge in [0, 0.05) is 24.0 Å². The van der Waals surface area contributed by atoms with Gasteiger partial charge in [0.25, 0.3) is 0 Å². The summed E-state index contributed by atoms with van der Waals surface area (Å²) in [6, 6.07) is 8.58. The molecule has 106 valence electrons. The van der Waals surface area contributed by atoms with E-state index in [4.69, 9.17) is 5.73 Å². The number of fused-ring (bicyclic) bond motifs is 2. The number of imidazole rings is 1. The van der Waals surface area contributed by atoms with Gasteiger partial charge in [-0.05, 0) is 30.0 Å². The summed E-state index contributed by atoms with van der Waals surface area (Å²) in [5.74, 6) is 0. The van der Waals surface area contributed by atoms with Crippen LogP contribution in [0.25, 0.3) is 15.9 Å². The van der Waals surface area contributed by atoms with E-state index in [0.29, 0.717) is 6.54 Å². The lowest BCUT2D eigenvalue weighted by Crippen LogP contribution is -2.06. The second-order valence-electron chi connectivity index (χ2n) is 5.16. The molecule has 0 atom stereocenters. The molecule has 0 radical (unpaired) electrons. The molecule has 4 aromatic rings. The quantitative estimate of drug-likeness (QED) is 0.629. The molecule has 0 aliphatic carbocycles. The van der Waals surface area contributed by atoms with Crippen molar-refractivity contribution in [3.05, 3.63) is 59.5 Å². The van der Waals surface area contributed by atoms with E-state index in [1.165, 1.54) is 16.5 Å². The number of benzene rings is 1. The molecule has 3 aromatic heterocycles. The maximum Gasteiger partial charge on any atom is 0.193 e. The van der Waals surface area contributed by atoms with Crippen molar-refractivity contribution in [2.24, 2.45) is 5.73 Å². The lowest BCUT2D eigenvalue weighted by atomic mass is 10.1. The summed E-state index contributed by atoms with van der Waals surface area (Å²) >= 11 is 1.66. The first kappa shape index (κ1) is 12.6. The largest absolute Gasteiger partial charge is 0.341 e. The third kappa shape index (κ3) is 2.14. The smallest absolute Gasteiger partial charge is 0.193 e. The number of rotatable bonds is 4. The number of hydrogen-bond donors (Lipinski definition) is 1. The van der Waals surface area contributed by atoms with Crippen LogP contribution in [0, 0.1) is 0 Å². The van der Waals surface area contributed by atoms with E-state index in [9.17, 15) is 0 Å². The van der Waals surface area contributed by atoms with Gasteiger partial charge in [0.15, 0.2) is 4.96 Å². The molecule has 3 heterocycles. The van der Waals surface area contributed by atoms with E-state index in [-0.39, 0.29) is 0 Å². The third-order valence-corrected chi connectivity index (χ3v) is 4.53. The van der Waals surface area contributed by atoms with Crippen LogP contribution in [0.15, 0.2) is 48.2 Å². The molecule has 4 nitrogen and oxygen atoms in total. The van der Waals surface area contributed by atoms with Gasteiger partial charge in [-0.3, -0.25) is 4.40 Å². The standard InChI is InChI=1S/C16H16N4S/c17-6-4-12-2-1-3-13-5-7-19(15(12)13)10-14-11-20-8-9-21-16(20)18-14/h1-3,5,7-9,11H,4,6,10,17H2. The predicted molar refractivity (Wildman–Crippen MR) is 86.9 cm³/mol. The molecule has 5 heteroatoms. The Bertz CT molecular complexity index is 871. The Morgan fingerprint density at radius 3 is 3.00 bits per heavy atom. The van der Waals surface area contributed by atoms with Gasteiger partial charge in [0.2, 0.25) is 0 Å². The highest BCUT2D eigenvalue weighted by atomic mass is 32.1. The molecule has 1 aromatic carbocycles. The van der Waals surface area contributed by atoms with E-state index in [1.807, 2.05) is 6.20 Å². The lowest BCUT2D eigenvalue weighted by molar-refractivity contribution is 0.808. The van der Waals surface area contributed by atoms with Crippen molar-refractivity contribution in [3.63, 3.8) is 0 Å². The number of thiazole rings is 1. The Morgan fingerprint density at radius 1 is 1.19 bits per heavy atom. The molecule has 0 fully saturated rings. The summed E-state index contributed by atoms with van der Waals surface area (Å²) in [7, 11) is 0. The molecule has 4 rings (SSSR count). The molecule has 0 unspecified atom stereocenters. The highest BCUT2D eigenvalue weighted by Gasteiger charge is 2.09. The van der Waals surface area contributed by atoms with Gasteiger partial charge >= 0.3 is 0 Å². The fraction of sp³-hybridized carbons (Fsp3) is 0.188. The summed E-state index contributed by atoms with van der Waals surface area (Å²) in [6.45, 7) is 1.46. The summed E-state index contributed by atoms with van der Waals surface area (Å²) in [5.41, 5.74) is 9.41. The van der Waals surface area contributed by atoms with Crippen molar-refractivity contribution in [2.75, 3.05) is 6.54 Å². The predicted octanol–water partition coefficient (Wildman–Crippen LogP) is 2.90. The minimum atomic E-state index is 0.671. The summed E-state index contributed by atoms with van der Waals surface area (Å²) in [5, 5.41) is 3.32. The van der Waals surface area contributed by atoms with Crippen molar-refractivity contribution >= 4 is 27.2 Å². The number of nitrogens with two attached hydrogens (primary N) is 1. The fourth-order valence-corrected chi connectivity index (χ4v) is 3.58. The summed E-state index contributed by atoms with van der Waals surface area (Å²) in [6.07, 6.45) is 7.19. The van der Waals surface area contributed by atoms with Gasteiger partial charge in [0.05, 0.1) is 17.8 Å². The van der Waals surface area contributed by atoms with Crippen LogP contribution in [0.1, 0.15) is 11.3 Å². The van der Waals surface area contributed by atoms with Crippen LogP contribution in [0.2, 0.25) is 0 Å². The first-order chi connectivity index (χ1) is 10.3. The van der Waals surface area contributed by atoms with E-state index in [2.05, 4.69) is 56.0 Å². The van der Waals surface area contributed by atoms with Gasteiger partial charge in [-0.2, -0.15) is 0 Å². The van der Waals surface area contributed by atoms with E-state index < -0.39 is 0 Å². The van der Waals surface area contributed by atoms with Crippen LogP contribution >= 0.6 is 11.3 Å². The second-order valence-corrected chi connectivity index (χ2v) is 6.04. The lowest BCUT2D eigenvalue weighted by Gasteiger charge is -2.08. The Hall–Kier alpha value is -2.11. The van der Waals surface area contributed by atoms with Crippen LogP contribution < -0.4 is 5.73 Å². The van der Waals surface area contributed by atoms with Crippen LogP contribution in [0.3, 0.4) is 0 Å². The van der Waals surface area contributed by atoms with Crippen molar-refractivity contribution in [2.45, 2.75) is 13.0 Å². The molecular formula is C16H16N4S. The maximum atomic E-state index is 5.74. The SMILES string of the molecule is NCCc1cccc2ccn(Cc3cn4ccsc4n3)c12. The average molecular weight is 296 g/mol. The average Bonchev–Trinajstić information content (AvgIpc) is 3.15. The molecule has 0 saturated heterocycles. The zero-order chi connectivity index (χ0) is 14.2. The highest BCUT2D eigenvalue weighted by molar-refractivity contribution is 7.15. The van der Waals surface area contributed by atoms with Gasteiger partial charge in [-0.15, -0.1) is 11.3 Å². The van der Waals surface area contributed by atoms with Gasteiger partial charge in [-0.1, -0.05) is 18.2 Å². The molecular weight excluding hydrogens is 280 g/mol. The van der Waals surface area contributed by atoms with E-state index >= 15 is 0 Å². The third-order valence-electron chi connectivity index (χ3n) is 3.76. The first-order valence-electron chi connectivity index (χ1n) is 7.03. The summed E-state index contributed by atoms with van der Waals surface area (Å²) < 4.78 is 4.35. The van der Waals surface area contributed by atoms with Gasteiger partial charge in [0.1, 0.15) is 0 Å². The number of hydrogen-bond acceptors (Lipinski definition) is 3. The zero-order valence-electron chi connectivity index (χ0n) is 11.6. The monoisotopic (exact) mass is 296 g/mol. The highest BCUT2D eigenvalue weighted by Crippen LogP contribution is 2.22. The normalized spacial score (nSPS) is 11.7. The molecule has 0 bridgehead atoms. The molecule has 21 heavy (non-hydrogen) atoms. The molecule has 0 aliphatic heterocycles. The van der Waals surface area contributed by atoms with E-state index in [1.54, 1.807) is 11.3 Å². The Balaban J connectivity index is 1.77. The topological polar surface area (TPSA) is 48.2 Å². The van der Waals surface area contributed by atoms with E-state index in [0.717, 1.165) is 23.6 Å². The van der Waals surface area contributed by atoms with Crippen molar-refractivity contribution < 1.29 is 0 Å². The number of aromatic nitrogens is 3. The van der Waals surface area contributed by atoms with Crippen LogP contribution in [0.4, 0.5) is 0 Å². The van der Waals surface area contributed by atoms with Crippen LogP contribution in [0.5, 0.6) is 0 Å². The second kappa shape index (κ2) is 5.02.